The Bertz CT molecular complexity index is 1240. The number of benzene rings is 2. The number of hydrogen-bond donors (Lipinski definition) is 2. The predicted octanol–water partition coefficient (Wildman–Crippen LogP) is 5.49. The van der Waals surface area contributed by atoms with Crippen LogP contribution in [0.5, 0.6) is 0 Å². The number of H-pyrrole nitrogens is 1. The van der Waals surface area contributed by atoms with Gasteiger partial charge in [0.05, 0.1) is 5.92 Å². The number of likely N-dealkylation sites (tertiary alicyclic amines) is 2. The summed E-state index contributed by atoms with van der Waals surface area (Å²) in [5.74, 6) is 0.578. The van der Waals surface area contributed by atoms with Gasteiger partial charge in [-0.25, -0.2) is 0 Å². The summed E-state index contributed by atoms with van der Waals surface area (Å²) in [6.45, 7) is 10.1. The lowest BCUT2D eigenvalue weighted by atomic mass is 9.84. The maximum Gasteiger partial charge on any atom is 0.251 e. The average Bonchev–Trinajstić information content (AvgIpc) is 3.33. The van der Waals surface area contributed by atoms with Crippen molar-refractivity contribution in [1.82, 2.24) is 20.1 Å². The number of fused-ring (bicyclic) bond motifs is 1. The second-order valence-corrected chi connectivity index (χ2v) is 11.4. The minimum atomic E-state index is -0.0564. The minimum Gasteiger partial charge on any atom is -0.359 e. The maximum absolute atomic E-state index is 13.6. The van der Waals surface area contributed by atoms with Gasteiger partial charge in [0.15, 0.2) is 0 Å². The van der Waals surface area contributed by atoms with Crippen LogP contribution in [0.4, 0.5) is 0 Å². The third kappa shape index (κ3) is 5.80. The molecule has 3 aromatic rings. The van der Waals surface area contributed by atoms with Gasteiger partial charge >= 0.3 is 0 Å². The van der Waals surface area contributed by atoms with E-state index in [0.29, 0.717) is 17.9 Å². The molecular formula is C32H42N4O2. The van der Waals surface area contributed by atoms with E-state index in [1.54, 1.807) is 0 Å². The van der Waals surface area contributed by atoms with Gasteiger partial charge < -0.3 is 20.1 Å². The zero-order chi connectivity index (χ0) is 26.6. The van der Waals surface area contributed by atoms with Gasteiger partial charge in [0.2, 0.25) is 5.91 Å². The number of piperidine rings is 2. The van der Waals surface area contributed by atoms with Crippen molar-refractivity contribution < 1.29 is 9.59 Å². The van der Waals surface area contributed by atoms with Crippen LogP contribution in [0.3, 0.4) is 0 Å². The molecule has 0 bridgehead atoms. The van der Waals surface area contributed by atoms with Gasteiger partial charge in [-0.3, -0.25) is 9.59 Å². The fourth-order valence-electron chi connectivity index (χ4n) is 6.36. The van der Waals surface area contributed by atoms with E-state index in [4.69, 9.17) is 0 Å². The molecule has 1 aromatic heterocycles. The lowest BCUT2D eigenvalue weighted by Gasteiger charge is -2.42. The van der Waals surface area contributed by atoms with Crippen molar-refractivity contribution in [3.05, 3.63) is 71.4 Å². The first-order chi connectivity index (χ1) is 18.4. The number of aromatic nitrogens is 1. The molecule has 2 atom stereocenters. The van der Waals surface area contributed by atoms with Gasteiger partial charge in [-0.15, -0.1) is 0 Å². The molecule has 202 valence electrons. The molecule has 0 radical (unpaired) electrons. The van der Waals surface area contributed by atoms with Gasteiger partial charge in [-0.2, -0.15) is 0 Å². The van der Waals surface area contributed by atoms with Crippen molar-refractivity contribution in [1.29, 1.82) is 0 Å². The van der Waals surface area contributed by atoms with E-state index in [9.17, 15) is 9.59 Å². The number of nitrogens with zero attached hydrogens (tertiary/aromatic N) is 2. The Labute approximate surface area is 226 Å². The molecule has 2 N–H and O–H groups in total. The van der Waals surface area contributed by atoms with Gasteiger partial charge in [-0.05, 0) is 68.4 Å². The quantitative estimate of drug-likeness (QED) is 0.438. The van der Waals surface area contributed by atoms with Crippen molar-refractivity contribution in [3.8, 4) is 0 Å². The van der Waals surface area contributed by atoms with Crippen molar-refractivity contribution in [3.63, 3.8) is 0 Å². The summed E-state index contributed by atoms with van der Waals surface area (Å²) in [4.78, 5) is 34.5. The standard InChI is InChI=1S/C32H42N4O2/c1-4-22(2)30(24-8-6-5-7-9-24)32(38)36-18-14-28(15-19-36)35-16-12-27(13-17-35)34-31(37)25-10-11-29-26(21-25)20-23(3)33-29/h5-11,20-22,27-28,30,33H,4,12-19H2,1-3H3,(H,34,37). The Balaban J connectivity index is 1.11. The zero-order valence-electron chi connectivity index (χ0n) is 23.1. The number of aryl methyl sites for hydroxylation is 1. The number of aromatic amines is 1. The number of carbonyl (C=O) groups excluding carboxylic acids is 2. The zero-order valence-corrected chi connectivity index (χ0v) is 23.1. The predicted molar refractivity (Wildman–Crippen MR) is 153 cm³/mol. The number of nitrogens with one attached hydrogen (secondary N) is 2. The van der Waals surface area contributed by atoms with Crippen LogP contribution in [0, 0.1) is 12.8 Å². The Morgan fingerprint density at radius 1 is 0.974 bits per heavy atom. The second-order valence-electron chi connectivity index (χ2n) is 11.4. The van der Waals surface area contributed by atoms with E-state index in [2.05, 4.69) is 52.1 Å². The Hall–Kier alpha value is -3.12. The molecule has 6 heteroatoms. The normalized spacial score (nSPS) is 19.4. The van der Waals surface area contributed by atoms with Crippen molar-refractivity contribution in [2.24, 2.45) is 5.92 Å². The molecular weight excluding hydrogens is 472 g/mol. The maximum atomic E-state index is 13.6. The summed E-state index contributed by atoms with van der Waals surface area (Å²) in [7, 11) is 0. The summed E-state index contributed by atoms with van der Waals surface area (Å²) in [6.07, 6.45) is 5.00. The fourth-order valence-corrected chi connectivity index (χ4v) is 6.36. The fraction of sp³-hybridized carbons (Fsp3) is 0.500. The topological polar surface area (TPSA) is 68.4 Å². The van der Waals surface area contributed by atoms with Crippen molar-refractivity contribution in [2.75, 3.05) is 26.2 Å². The first-order valence-corrected chi connectivity index (χ1v) is 14.4. The largest absolute Gasteiger partial charge is 0.359 e. The first kappa shape index (κ1) is 26.5. The summed E-state index contributed by atoms with van der Waals surface area (Å²) in [6, 6.07) is 19.0. The monoisotopic (exact) mass is 514 g/mol. The molecule has 5 rings (SSSR count). The van der Waals surface area contributed by atoms with Gasteiger partial charge in [0.25, 0.3) is 5.91 Å². The lowest BCUT2D eigenvalue weighted by Crippen LogP contribution is -2.52. The highest BCUT2D eigenvalue weighted by atomic mass is 16.2. The number of hydrogen-bond acceptors (Lipinski definition) is 3. The van der Waals surface area contributed by atoms with E-state index >= 15 is 0 Å². The highest BCUT2D eigenvalue weighted by Gasteiger charge is 2.34. The van der Waals surface area contributed by atoms with Crippen LogP contribution in [-0.2, 0) is 4.79 Å². The smallest absolute Gasteiger partial charge is 0.251 e. The highest BCUT2D eigenvalue weighted by Crippen LogP contribution is 2.31. The van der Waals surface area contributed by atoms with Crippen LogP contribution in [-0.4, -0.2) is 64.9 Å². The minimum absolute atomic E-state index is 0.0188. The molecule has 0 aliphatic carbocycles. The molecule has 0 saturated carbocycles. The van der Waals surface area contributed by atoms with Crippen LogP contribution >= 0.6 is 0 Å². The number of amides is 2. The van der Waals surface area contributed by atoms with E-state index in [1.807, 2.05) is 43.3 Å². The van der Waals surface area contributed by atoms with Crippen LogP contribution in [0.1, 0.15) is 73.5 Å². The summed E-state index contributed by atoms with van der Waals surface area (Å²) in [5.41, 5.74) is 4.03. The molecule has 2 aliphatic rings. The molecule has 2 saturated heterocycles. The third-order valence-corrected chi connectivity index (χ3v) is 8.81. The molecule has 2 amide bonds. The molecule has 2 fully saturated rings. The van der Waals surface area contributed by atoms with E-state index < -0.39 is 0 Å². The van der Waals surface area contributed by atoms with E-state index in [0.717, 1.165) is 86.0 Å². The van der Waals surface area contributed by atoms with Crippen molar-refractivity contribution in [2.45, 2.75) is 70.9 Å². The Morgan fingerprint density at radius 3 is 2.37 bits per heavy atom. The summed E-state index contributed by atoms with van der Waals surface area (Å²) < 4.78 is 0. The van der Waals surface area contributed by atoms with E-state index in [-0.39, 0.29) is 17.9 Å². The van der Waals surface area contributed by atoms with E-state index in [1.165, 1.54) is 0 Å². The SMILES string of the molecule is CCC(C)C(C(=O)N1CCC(N2CCC(NC(=O)c3ccc4[nH]c(C)cc4c3)CC2)CC1)c1ccccc1. The Kier molecular flexibility index (Phi) is 8.18. The van der Waals surface area contributed by atoms with Crippen LogP contribution in [0.15, 0.2) is 54.6 Å². The molecule has 6 nitrogen and oxygen atoms in total. The molecule has 2 unspecified atom stereocenters. The van der Waals surface area contributed by atoms with Crippen LogP contribution in [0.25, 0.3) is 10.9 Å². The van der Waals surface area contributed by atoms with Crippen LogP contribution < -0.4 is 5.32 Å². The van der Waals surface area contributed by atoms with Gasteiger partial charge in [0.1, 0.15) is 0 Å². The van der Waals surface area contributed by atoms with Crippen molar-refractivity contribution >= 4 is 22.7 Å². The second kappa shape index (κ2) is 11.7. The molecule has 38 heavy (non-hydrogen) atoms. The first-order valence-electron chi connectivity index (χ1n) is 14.4. The van der Waals surface area contributed by atoms with Gasteiger partial charge in [0, 0.05) is 60.4 Å². The lowest BCUT2D eigenvalue weighted by molar-refractivity contribution is -0.135. The molecule has 0 spiro atoms. The van der Waals surface area contributed by atoms with Gasteiger partial charge in [-0.1, -0.05) is 50.6 Å². The molecule has 2 aliphatic heterocycles. The number of rotatable bonds is 7. The summed E-state index contributed by atoms with van der Waals surface area (Å²) in [5, 5.41) is 4.35. The number of carbonyl (C=O) groups is 2. The highest BCUT2D eigenvalue weighted by molar-refractivity contribution is 5.98. The third-order valence-electron chi connectivity index (χ3n) is 8.81. The molecule has 2 aromatic carbocycles. The Morgan fingerprint density at radius 2 is 1.68 bits per heavy atom. The summed E-state index contributed by atoms with van der Waals surface area (Å²) >= 11 is 0. The molecule has 3 heterocycles. The average molecular weight is 515 g/mol. The van der Waals surface area contributed by atoms with Crippen LogP contribution in [0.2, 0.25) is 0 Å².